The van der Waals surface area contributed by atoms with Crippen LogP contribution in [-0.2, 0) is 0 Å². The second-order valence-electron chi connectivity index (χ2n) is 5.56. The zero-order valence-corrected chi connectivity index (χ0v) is 14.4. The fraction of sp³-hybridized carbons (Fsp3) is 0.0476. The molecule has 0 aromatic heterocycles. The van der Waals surface area contributed by atoms with E-state index in [-0.39, 0.29) is 11.8 Å². The SMILES string of the molecule is Cc1c(Cl)cccc1N(C(=O)c1ccccc1)C(=O)c1ccccc1. The summed E-state index contributed by atoms with van der Waals surface area (Å²) in [6.45, 7) is 1.79. The van der Waals surface area contributed by atoms with Gasteiger partial charge < -0.3 is 0 Å². The molecule has 0 aliphatic carbocycles. The van der Waals surface area contributed by atoms with Gasteiger partial charge in [0, 0.05) is 16.1 Å². The molecule has 0 aliphatic rings. The molecule has 124 valence electrons. The normalized spacial score (nSPS) is 10.3. The van der Waals surface area contributed by atoms with Gasteiger partial charge in [-0.25, -0.2) is 4.90 Å². The Labute approximate surface area is 151 Å². The minimum atomic E-state index is -0.389. The van der Waals surface area contributed by atoms with E-state index < -0.39 is 0 Å². The summed E-state index contributed by atoms with van der Waals surface area (Å²) in [5.41, 5.74) is 2.03. The van der Waals surface area contributed by atoms with E-state index in [2.05, 4.69) is 0 Å². The van der Waals surface area contributed by atoms with Crippen LogP contribution in [0.25, 0.3) is 0 Å². The number of hydrogen-bond acceptors (Lipinski definition) is 2. The summed E-state index contributed by atoms with van der Waals surface area (Å²) in [5.74, 6) is -0.778. The van der Waals surface area contributed by atoms with Crippen molar-refractivity contribution in [3.63, 3.8) is 0 Å². The lowest BCUT2D eigenvalue weighted by molar-refractivity contribution is 0.0897. The van der Waals surface area contributed by atoms with Crippen molar-refractivity contribution < 1.29 is 9.59 Å². The van der Waals surface area contributed by atoms with Crippen LogP contribution in [-0.4, -0.2) is 11.8 Å². The number of halogens is 1. The number of rotatable bonds is 3. The van der Waals surface area contributed by atoms with E-state index in [0.29, 0.717) is 27.4 Å². The van der Waals surface area contributed by atoms with Crippen LogP contribution >= 0.6 is 11.6 Å². The molecule has 0 spiro atoms. The highest BCUT2D eigenvalue weighted by molar-refractivity contribution is 6.32. The third-order valence-corrected chi connectivity index (χ3v) is 4.34. The van der Waals surface area contributed by atoms with Gasteiger partial charge in [-0.1, -0.05) is 54.1 Å². The third kappa shape index (κ3) is 3.47. The van der Waals surface area contributed by atoms with Gasteiger partial charge in [-0.2, -0.15) is 0 Å². The first-order valence-corrected chi connectivity index (χ1v) is 8.21. The van der Waals surface area contributed by atoms with E-state index in [4.69, 9.17) is 11.6 Å². The smallest absolute Gasteiger partial charge is 0.265 e. The lowest BCUT2D eigenvalue weighted by atomic mass is 10.1. The lowest BCUT2D eigenvalue weighted by Gasteiger charge is -2.23. The molecule has 0 aliphatic heterocycles. The van der Waals surface area contributed by atoms with Gasteiger partial charge in [0.05, 0.1) is 5.69 Å². The number of carbonyl (C=O) groups is 2. The summed E-state index contributed by atoms with van der Waals surface area (Å²) in [5, 5.41) is 0.504. The maximum absolute atomic E-state index is 13.1. The molecular weight excluding hydrogens is 334 g/mol. The average Bonchev–Trinajstić information content (AvgIpc) is 2.66. The van der Waals surface area contributed by atoms with Crippen LogP contribution in [0.4, 0.5) is 5.69 Å². The second kappa shape index (κ2) is 7.32. The van der Waals surface area contributed by atoms with E-state index >= 15 is 0 Å². The number of nitrogens with zero attached hydrogens (tertiary/aromatic N) is 1. The Morgan fingerprint density at radius 3 is 1.68 bits per heavy atom. The van der Waals surface area contributed by atoms with Crippen LogP contribution in [0.15, 0.2) is 78.9 Å². The minimum Gasteiger partial charge on any atom is -0.268 e. The van der Waals surface area contributed by atoms with Crippen molar-refractivity contribution in [1.29, 1.82) is 0 Å². The lowest BCUT2D eigenvalue weighted by Crippen LogP contribution is -2.37. The number of hydrogen-bond donors (Lipinski definition) is 0. The summed E-state index contributed by atoms with van der Waals surface area (Å²) in [4.78, 5) is 27.4. The van der Waals surface area contributed by atoms with E-state index in [0.717, 1.165) is 0 Å². The standard InChI is InChI=1S/C21H16ClNO2/c1-15-18(22)13-8-14-19(15)23(20(24)16-9-4-2-5-10-16)21(25)17-11-6-3-7-12-17/h2-14H,1H3. The minimum absolute atomic E-state index is 0.389. The highest BCUT2D eigenvalue weighted by Gasteiger charge is 2.27. The van der Waals surface area contributed by atoms with Crippen molar-refractivity contribution >= 4 is 29.1 Å². The molecule has 0 unspecified atom stereocenters. The average molecular weight is 350 g/mol. The summed E-state index contributed by atoms with van der Waals surface area (Å²) in [6.07, 6.45) is 0. The Morgan fingerprint density at radius 2 is 1.20 bits per heavy atom. The summed E-state index contributed by atoms with van der Waals surface area (Å²) in [7, 11) is 0. The number of imide groups is 1. The molecular formula is C21H16ClNO2. The number of amides is 2. The predicted octanol–water partition coefficient (Wildman–Crippen LogP) is 5.14. The van der Waals surface area contributed by atoms with E-state index in [9.17, 15) is 9.59 Å². The van der Waals surface area contributed by atoms with Gasteiger partial charge >= 0.3 is 0 Å². The Balaban J connectivity index is 2.13. The maximum atomic E-state index is 13.1. The van der Waals surface area contributed by atoms with Gasteiger partial charge in [0.1, 0.15) is 0 Å². The van der Waals surface area contributed by atoms with Crippen LogP contribution < -0.4 is 4.90 Å². The quantitative estimate of drug-likeness (QED) is 0.614. The Hall–Kier alpha value is -2.91. The molecule has 0 fully saturated rings. The predicted molar refractivity (Wildman–Crippen MR) is 100 cm³/mol. The molecule has 0 atom stereocenters. The van der Waals surface area contributed by atoms with E-state index in [1.807, 2.05) is 12.1 Å². The fourth-order valence-electron chi connectivity index (χ4n) is 2.57. The Bertz CT molecular complexity index is 856. The molecule has 0 saturated carbocycles. The van der Waals surface area contributed by atoms with Crippen LogP contribution in [0, 0.1) is 6.92 Å². The molecule has 2 amide bonds. The Morgan fingerprint density at radius 1 is 0.720 bits per heavy atom. The first kappa shape index (κ1) is 16.9. The molecule has 0 saturated heterocycles. The topological polar surface area (TPSA) is 37.4 Å². The Kier molecular flexibility index (Phi) is 4.96. The molecule has 3 rings (SSSR count). The van der Waals surface area contributed by atoms with Crippen molar-refractivity contribution in [2.45, 2.75) is 6.92 Å². The zero-order chi connectivity index (χ0) is 17.8. The van der Waals surface area contributed by atoms with Crippen molar-refractivity contribution in [2.24, 2.45) is 0 Å². The number of anilines is 1. The molecule has 4 heteroatoms. The monoisotopic (exact) mass is 349 g/mol. The van der Waals surface area contributed by atoms with Crippen molar-refractivity contribution in [1.82, 2.24) is 0 Å². The van der Waals surface area contributed by atoms with Gasteiger partial charge in [-0.3, -0.25) is 9.59 Å². The van der Waals surface area contributed by atoms with Crippen LogP contribution in [0.1, 0.15) is 26.3 Å². The van der Waals surface area contributed by atoms with Crippen molar-refractivity contribution in [3.05, 3.63) is 101 Å². The molecule has 0 bridgehead atoms. The van der Waals surface area contributed by atoms with Crippen LogP contribution in [0.3, 0.4) is 0 Å². The summed E-state index contributed by atoms with van der Waals surface area (Å²) < 4.78 is 0. The molecule has 3 aromatic rings. The molecule has 0 N–H and O–H groups in total. The van der Waals surface area contributed by atoms with Crippen LogP contribution in [0.2, 0.25) is 5.02 Å². The fourth-order valence-corrected chi connectivity index (χ4v) is 2.74. The van der Waals surface area contributed by atoms with Gasteiger partial charge in [-0.05, 0) is 48.9 Å². The van der Waals surface area contributed by atoms with E-state index in [1.54, 1.807) is 73.7 Å². The molecule has 3 aromatic carbocycles. The second-order valence-corrected chi connectivity index (χ2v) is 5.97. The van der Waals surface area contributed by atoms with Crippen molar-refractivity contribution in [3.8, 4) is 0 Å². The van der Waals surface area contributed by atoms with E-state index in [1.165, 1.54) is 4.90 Å². The van der Waals surface area contributed by atoms with Crippen molar-refractivity contribution in [2.75, 3.05) is 4.90 Å². The van der Waals surface area contributed by atoms with Gasteiger partial charge in [-0.15, -0.1) is 0 Å². The highest BCUT2D eigenvalue weighted by Crippen LogP contribution is 2.29. The third-order valence-electron chi connectivity index (χ3n) is 3.93. The maximum Gasteiger partial charge on any atom is 0.265 e. The number of benzene rings is 3. The number of carbonyl (C=O) groups excluding carboxylic acids is 2. The highest BCUT2D eigenvalue weighted by atomic mass is 35.5. The van der Waals surface area contributed by atoms with Gasteiger partial charge in [0.2, 0.25) is 0 Å². The molecule has 25 heavy (non-hydrogen) atoms. The first-order chi connectivity index (χ1) is 12.1. The van der Waals surface area contributed by atoms with Crippen LogP contribution in [0.5, 0.6) is 0 Å². The first-order valence-electron chi connectivity index (χ1n) is 7.83. The zero-order valence-electron chi connectivity index (χ0n) is 13.6. The van der Waals surface area contributed by atoms with Gasteiger partial charge in [0.25, 0.3) is 11.8 Å². The molecule has 0 heterocycles. The molecule has 3 nitrogen and oxygen atoms in total. The summed E-state index contributed by atoms with van der Waals surface area (Å²) >= 11 is 6.21. The molecule has 0 radical (unpaired) electrons. The summed E-state index contributed by atoms with van der Waals surface area (Å²) in [6, 6.07) is 22.7. The largest absolute Gasteiger partial charge is 0.268 e. The van der Waals surface area contributed by atoms with Gasteiger partial charge in [0.15, 0.2) is 0 Å².